The molecule has 0 aliphatic carbocycles. The lowest BCUT2D eigenvalue weighted by Crippen LogP contribution is -2.29. The molecule has 0 aliphatic heterocycles. The van der Waals surface area contributed by atoms with Gasteiger partial charge in [0.2, 0.25) is 0 Å². The van der Waals surface area contributed by atoms with Crippen LogP contribution in [0.1, 0.15) is 142 Å². The van der Waals surface area contributed by atoms with Crippen LogP contribution in [0.2, 0.25) is 0 Å². The molecule has 10 nitrogen and oxygen atoms in total. The van der Waals surface area contributed by atoms with E-state index in [1.165, 1.54) is 0 Å². The minimum atomic E-state index is -4.64. The molecule has 0 radical (unpaired) electrons. The van der Waals surface area contributed by atoms with E-state index in [-0.39, 0.29) is 19.4 Å². The summed E-state index contributed by atoms with van der Waals surface area (Å²) in [6, 6.07) is 0. The third-order valence-corrected chi connectivity index (χ3v) is 9.18. The zero-order valence-electron chi connectivity index (χ0n) is 35.0. The molecule has 0 aromatic carbocycles. The van der Waals surface area contributed by atoms with Gasteiger partial charge in [-0.25, -0.2) is 4.57 Å². The molecule has 11 heteroatoms. The monoisotopic (exact) mass is 819 g/mol. The van der Waals surface area contributed by atoms with Crippen LogP contribution in [0.4, 0.5) is 0 Å². The number of allylic oxidation sites excluding steroid dienone is 16. The second kappa shape index (κ2) is 41.1. The summed E-state index contributed by atoms with van der Waals surface area (Å²) >= 11 is 0. The summed E-state index contributed by atoms with van der Waals surface area (Å²) < 4.78 is 32.6. The number of esters is 2. The van der Waals surface area contributed by atoms with Crippen molar-refractivity contribution in [3.63, 3.8) is 0 Å². The van der Waals surface area contributed by atoms with Crippen LogP contribution >= 0.6 is 7.82 Å². The lowest BCUT2D eigenvalue weighted by Gasteiger charge is -2.20. The molecule has 324 valence electrons. The highest BCUT2D eigenvalue weighted by molar-refractivity contribution is 7.47. The smallest absolute Gasteiger partial charge is 0.462 e. The molecule has 1 unspecified atom stereocenters. The molecule has 0 saturated carbocycles. The summed E-state index contributed by atoms with van der Waals surface area (Å²) in [7, 11) is -4.64. The fraction of sp³-hybridized carbons (Fsp3) is 0.609. The van der Waals surface area contributed by atoms with E-state index in [1.54, 1.807) is 0 Å². The van der Waals surface area contributed by atoms with Gasteiger partial charge in [0.05, 0.1) is 19.8 Å². The third kappa shape index (κ3) is 40.9. The minimum absolute atomic E-state index is 0.135. The van der Waals surface area contributed by atoms with E-state index in [4.69, 9.17) is 19.1 Å². The molecule has 3 atom stereocenters. The van der Waals surface area contributed by atoms with Crippen molar-refractivity contribution in [3.8, 4) is 0 Å². The topological polar surface area (TPSA) is 149 Å². The molecule has 0 heterocycles. The van der Waals surface area contributed by atoms with Crippen LogP contribution in [-0.2, 0) is 32.7 Å². The number of rotatable bonds is 38. The van der Waals surface area contributed by atoms with Gasteiger partial charge < -0.3 is 24.6 Å². The summed E-state index contributed by atoms with van der Waals surface area (Å²) in [5.41, 5.74) is 0. The first-order valence-corrected chi connectivity index (χ1v) is 22.7. The molecule has 0 aromatic heterocycles. The standard InChI is InChI=1S/C46H75O10P/c1-3-5-7-9-11-13-15-17-19-20-21-22-24-26-28-30-32-34-36-38-46(50)56-44(42-55-57(51,52)54-40-43(48)39-47)41-53-45(49)37-35-33-31-29-27-25-23-18-16-14-12-10-8-6-4-2/h5-8,11-14,17-19,21-23,26,28,43-44,47-48H,3-4,9-10,15-16,20,24-25,27,29-42H2,1-2H3,(H,51,52)/b7-5-,8-6-,13-11-,14-12-,19-17-,22-21-,23-18-,28-26-/t43-,44+/m0/s1. The van der Waals surface area contributed by atoms with Crippen molar-refractivity contribution < 1.29 is 47.8 Å². The van der Waals surface area contributed by atoms with Crippen molar-refractivity contribution in [2.75, 3.05) is 26.4 Å². The largest absolute Gasteiger partial charge is 0.472 e. The molecular formula is C46H75O10P. The van der Waals surface area contributed by atoms with E-state index in [0.717, 1.165) is 103 Å². The van der Waals surface area contributed by atoms with Gasteiger partial charge in [-0.3, -0.25) is 18.6 Å². The highest BCUT2D eigenvalue weighted by Gasteiger charge is 2.27. The van der Waals surface area contributed by atoms with E-state index in [0.29, 0.717) is 12.8 Å². The Morgan fingerprint density at radius 2 is 0.912 bits per heavy atom. The molecule has 0 spiro atoms. The summed E-state index contributed by atoms with van der Waals surface area (Å²) in [6.45, 7) is 2.07. The second-order valence-electron chi connectivity index (χ2n) is 13.6. The Kier molecular flexibility index (Phi) is 38.8. The Balaban J connectivity index is 4.43. The van der Waals surface area contributed by atoms with Gasteiger partial charge in [0.25, 0.3) is 0 Å². The second-order valence-corrected chi connectivity index (χ2v) is 15.1. The van der Waals surface area contributed by atoms with E-state index >= 15 is 0 Å². The Morgan fingerprint density at radius 3 is 1.39 bits per heavy atom. The van der Waals surface area contributed by atoms with Gasteiger partial charge in [-0.1, -0.05) is 137 Å². The van der Waals surface area contributed by atoms with Gasteiger partial charge in [-0.05, 0) is 89.9 Å². The molecule has 0 fully saturated rings. The predicted octanol–water partition coefficient (Wildman–Crippen LogP) is 11.2. The van der Waals surface area contributed by atoms with Crippen molar-refractivity contribution in [2.45, 2.75) is 154 Å². The molecule has 0 rings (SSSR count). The highest BCUT2D eigenvalue weighted by Crippen LogP contribution is 2.43. The van der Waals surface area contributed by atoms with E-state index < -0.39 is 51.8 Å². The number of phosphoric acid groups is 1. The van der Waals surface area contributed by atoms with Gasteiger partial charge in [0.15, 0.2) is 6.10 Å². The molecule has 0 aromatic rings. The van der Waals surface area contributed by atoms with Gasteiger partial charge in [0.1, 0.15) is 12.7 Å². The van der Waals surface area contributed by atoms with Crippen LogP contribution in [0.25, 0.3) is 0 Å². The Labute approximate surface area is 344 Å². The van der Waals surface area contributed by atoms with E-state index in [2.05, 4.69) is 116 Å². The zero-order valence-corrected chi connectivity index (χ0v) is 35.9. The first-order chi connectivity index (χ1) is 27.7. The van der Waals surface area contributed by atoms with Gasteiger partial charge in [-0.2, -0.15) is 0 Å². The molecule has 0 bridgehead atoms. The van der Waals surface area contributed by atoms with Crippen molar-refractivity contribution in [3.05, 3.63) is 97.2 Å². The Bertz CT molecular complexity index is 1260. The minimum Gasteiger partial charge on any atom is -0.462 e. The Hall–Kier alpha value is -3.11. The van der Waals surface area contributed by atoms with E-state index in [9.17, 15) is 24.2 Å². The molecular weight excluding hydrogens is 743 g/mol. The van der Waals surface area contributed by atoms with Gasteiger partial charge in [-0.15, -0.1) is 0 Å². The van der Waals surface area contributed by atoms with Crippen LogP contribution in [-0.4, -0.2) is 65.7 Å². The quantitative estimate of drug-likeness (QED) is 0.0238. The molecule has 0 amide bonds. The number of phosphoric ester groups is 1. The first kappa shape index (κ1) is 53.9. The lowest BCUT2D eigenvalue weighted by molar-refractivity contribution is -0.161. The molecule has 0 saturated heterocycles. The first-order valence-electron chi connectivity index (χ1n) is 21.2. The summed E-state index contributed by atoms with van der Waals surface area (Å²) in [5.74, 6) is -0.994. The number of ether oxygens (including phenoxy) is 2. The number of aliphatic hydroxyl groups is 2. The van der Waals surface area contributed by atoms with Crippen LogP contribution in [0.15, 0.2) is 97.2 Å². The number of carbonyl (C=O) groups is 2. The molecule has 0 aliphatic rings. The third-order valence-electron chi connectivity index (χ3n) is 8.23. The lowest BCUT2D eigenvalue weighted by atomic mass is 10.1. The average Bonchev–Trinajstić information content (AvgIpc) is 3.20. The van der Waals surface area contributed by atoms with Crippen LogP contribution < -0.4 is 0 Å². The van der Waals surface area contributed by atoms with Gasteiger partial charge in [0, 0.05) is 12.8 Å². The number of hydrogen-bond acceptors (Lipinski definition) is 9. The van der Waals surface area contributed by atoms with Crippen LogP contribution in [0.5, 0.6) is 0 Å². The fourth-order valence-electron chi connectivity index (χ4n) is 5.03. The predicted molar refractivity (Wildman–Crippen MR) is 232 cm³/mol. The fourth-order valence-corrected chi connectivity index (χ4v) is 5.82. The summed E-state index contributed by atoms with van der Waals surface area (Å²) in [5, 5.41) is 18.3. The highest BCUT2D eigenvalue weighted by atomic mass is 31.2. The normalized spacial score (nSPS) is 14.8. The maximum absolute atomic E-state index is 12.6. The number of carbonyl (C=O) groups excluding carboxylic acids is 2. The van der Waals surface area contributed by atoms with Crippen molar-refractivity contribution in [2.24, 2.45) is 0 Å². The number of hydrogen-bond donors (Lipinski definition) is 3. The van der Waals surface area contributed by atoms with Gasteiger partial charge >= 0.3 is 19.8 Å². The molecule has 57 heavy (non-hydrogen) atoms. The van der Waals surface area contributed by atoms with Crippen LogP contribution in [0, 0.1) is 0 Å². The van der Waals surface area contributed by atoms with Crippen molar-refractivity contribution >= 4 is 19.8 Å². The zero-order chi connectivity index (χ0) is 41.9. The maximum Gasteiger partial charge on any atom is 0.472 e. The Morgan fingerprint density at radius 1 is 0.526 bits per heavy atom. The SMILES string of the molecule is CC/C=C\C/C=C\C/C=C\C/C=C\C/C=C\CCCCCC(=O)O[C@H](COC(=O)CCCCCCC/C=C\C/C=C\C/C=C\CC)COP(=O)(O)OC[C@@H](O)CO. The maximum atomic E-state index is 12.6. The van der Waals surface area contributed by atoms with Crippen molar-refractivity contribution in [1.82, 2.24) is 0 Å². The molecule has 3 N–H and O–H groups in total. The summed E-state index contributed by atoms with van der Waals surface area (Å²) in [4.78, 5) is 35.0. The van der Waals surface area contributed by atoms with E-state index in [1.807, 2.05) is 0 Å². The van der Waals surface area contributed by atoms with Crippen molar-refractivity contribution in [1.29, 1.82) is 0 Å². The number of unbranched alkanes of at least 4 members (excludes halogenated alkanes) is 8. The summed E-state index contributed by atoms with van der Waals surface area (Å²) in [6.07, 6.45) is 49.4. The number of aliphatic hydroxyl groups excluding tert-OH is 2. The average molecular weight is 819 g/mol. The van der Waals surface area contributed by atoms with Crippen LogP contribution in [0.3, 0.4) is 0 Å².